The number of hydrogen-bond acceptors (Lipinski definition) is 4. The zero-order valence-corrected chi connectivity index (χ0v) is 7.82. The lowest BCUT2D eigenvalue weighted by molar-refractivity contribution is -0.118. The fraction of sp³-hybridized carbons (Fsp3) is 0.556. The van der Waals surface area contributed by atoms with Crippen molar-refractivity contribution < 1.29 is 9.32 Å². The first kappa shape index (κ1) is 9.21. The maximum absolute atomic E-state index is 11.6. The maximum atomic E-state index is 11.6. The Hall–Kier alpha value is -1.36. The third-order valence-electron chi connectivity index (χ3n) is 2.33. The molecule has 0 aliphatic carbocycles. The van der Waals surface area contributed by atoms with E-state index in [0.29, 0.717) is 5.69 Å². The summed E-state index contributed by atoms with van der Waals surface area (Å²) in [7, 11) is 0. The molecule has 1 aromatic heterocycles. The van der Waals surface area contributed by atoms with E-state index in [9.17, 15) is 4.79 Å². The molecule has 1 atom stereocenters. The van der Waals surface area contributed by atoms with E-state index in [2.05, 4.69) is 20.3 Å². The predicted molar refractivity (Wildman–Crippen MR) is 50.8 cm³/mol. The summed E-state index contributed by atoms with van der Waals surface area (Å²) >= 11 is 0. The molecule has 0 bridgehead atoms. The van der Waals surface area contributed by atoms with Crippen molar-refractivity contribution in [3.05, 3.63) is 12.5 Å². The van der Waals surface area contributed by atoms with Gasteiger partial charge in [0, 0.05) is 0 Å². The monoisotopic (exact) mass is 195 g/mol. The highest BCUT2D eigenvalue weighted by Crippen LogP contribution is 2.10. The highest BCUT2D eigenvalue weighted by molar-refractivity contribution is 5.94. The average Bonchev–Trinajstić information content (AvgIpc) is 2.72. The van der Waals surface area contributed by atoms with Gasteiger partial charge < -0.3 is 15.2 Å². The molecule has 2 heterocycles. The van der Waals surface area contributed by atoms with Crippen molar-refractivity contribution in [2.75, 3.05) is 11.9 Å². The molecule has 0 spiro atoms. The number of carbonyl (C=O) groups is 1. The fourth-order valence-corrected chi connectivity index (χ4v) is 1.57. The van der Waals surface area contributed by atoms with Gasteiger partial charge in [-0.25, -0.2) is 0 Å². The van der Waals surface area contributed by atoms with Crippen molar-refractivity contribution in [1.29, 1.82) is 0 Å². The van der Waals surface area contributed by atoms with Crippen molar-refractivity contribution >= 4 is 11.6 Å². The molecule has 1 amide bonds. The quantitative estimate of drug-likeness (QED) is 0.731. The van der Waals surface area contributed by atoms with Gasteiger partial charge in [0.2, 0.25) is 5.91 Å². The summed E-state index contributed by atoms with van der Waals surface area (Å²) in [5.41, 5.74) is 0.613. The Morgan fingerprint density at radius 2 is 2.57 bits per heavy atom. The molecule has 2 rings (SSSR count). The number of hydrogen-bond donors (Lipinski definition) is 2. The lowest BCUT2D eigenvalue weighted by Crippen LogP contribution is -2.43. The van der Waals surface area contributed by atoms with Crippen LogP contribution in [0.1, 0.15) is 19.3 Å². The van der Waals surface area contributed by atoms with Crippen LogP contribution in [0.2, 0.25) is 0 Å². The van der Waals surface area contributed by atoms with Gasteiger partial charge in [-0.1, -0.05) is 11.6 Å². The van der Waals surface area contributed by atoms with Crippen LogP contribution in [-0.4, -0.2) is 23.7 Å². The molecule has 1 saturated heterocycles. The second-order valence-corrected chi connectivity index (χ2v) is 3.40. The van der Waals surface area contributed by atoms with Crippen LogP contribution in [0.5, 0.6) is 0 Å². The second-order valence-electron chi connectivity index (χ2n) is 3.40. The van der Waals surface area contributed by atoms with Gasteiger partial charge in [0.25, 0.3) is 0 Å². The van der Waals surface area contributed by atoms with E-state index in [1.807, 2.05) is 0 Å². The molecular weight excluding hydrogens is 182 g/mol. The summed E-state index contributed by atoms with van der Waals surface area (Å²) in [5, 5.41) is 9.41. The van der Waals surface area contributed by atoms with Gasteiger partial charge >= 0.3 is 0 Å². The SMILES string of the molecule is O=C(Nc1cnoc1)C1CCCCN1. The van der Waals surface area contributed by atoms with Crippen LogP contribution < -0.4 is 10.6 Å². The molecule has 1 fully saturated rings. The first-order valence-electron chi connectivity index (χ1n) is 4.80. The van der Waals surface area contributed by atoms with Crippen molar-refractivity contribution in [3.8, 4) is 0 Å². The maximum Gasteiger partial charge on any atom is 0.241 e. The molecule has 14 heavy (non-hydrogen) atoms. The minimum atomic E-state index is -0.0707. The largest absolute Gasteiger partial charge is 0.363 e. The summed E-state index contributed by atoms with van der Waals surface area (Å²) in [6, 6.07) is -0.0707. The molecule has 1 aliphatic heterocycles. The zero-order valence-electron chi connectivity index (χ0n) is 7.82. The van der Waals surface area contributed by atoms with Crippen molar-refractivity contribution in [3.63, 3.8) is 0 Å². The molecule has 76 valence electrons. The first-order valence-corrected chi connectivity index (χ1v) is 4.80. The Kier molecular flexibility index (Phi) is 2.78. The molecule has 5 heteroatoms. The van der Waals surface area contributed by atoms with E-state index < -0.39 is 0 Å². The molecule has 0 aromatic carbocycles. The lowest BCUT2D eigenvalue weighted by Gasteiger charge is -2.21. The number of anilines is 1. The standard InChI is InChI=1S/C9H13N3O2/c13-9(8-3-1-2-4-10-8)12-7-5-11-14-6-7/h5-6,8,10H,1-4H2,(H,12,13). The van der Waals surface area contributed by atoms with Crippen LogP contribution in [0.4, 0.5) is 5.69 Å². The molecule has 0 radical (unpaired) electrons. The van der Waals surface area contributed by atoms with Crippen molar-refractivity contribution in [2.45, 2.75) is 25.3 Å². The molecule has 2 N–H and O–H groups in total. The van der Waals surface area contributed by atoms with Gasteiger partial charge in [-0.3, -0.25) is 4.79 Å². The van der Waals surface area contributed by atoms with Crippen molar-refractivity contribution in [1.82, 2.24) is 10.5 Å². The normalized spacial score (nSPS) is 21.9. The third kappa shape index (κ3) is 2.11. The molecular formula is C9H13N3O2. The number of rotatable bonds is 2. The van der Waals surface area contributed by atoms with E-state index in [1.54, 1.807) is 0 Å². The van der Waals surface area contributed by atoms with Crippen LogP contribution in [0, 0.1) is 0 Å². The van der Waals surface area contributed by atoms with E-state index >= 15 is 0 Å². The van der Waals surface area contributed by atoms with Gasteiger partial charge in [-0.2, -0.15) is 0 Å². The highest BCUT2D eigenvalue weighted by atomic mass is 16.5. The van der Waals surface area contributed by atoms with E-state index in [4.69, 9.17) is 0 Å². The molecule has 1 aromatic rings. The summed E-state index contributed by atoms with van der Waals surface area (Å²) < 4.78 is 4.62. The van der Waals surface area contributed by atoms with E-state index in [1.165, 1.54) is 12.5 Å². The summed E-state index contributed by atoms with van der Waals surface area (Å²) in [6.07, 6.45) is 6.06. The number of carbonyl (C=O) groups excluding carboxylic acids is 1. The minimum absolute atomic E-state index is 0.00657. The van der Waals surface area contributed by atoms with Gasteiger partial charge in [0.1, 0.15) is 12.0 Å². The molecule has 0 saturated carbocycles. The summed E-state index contributed by atoms with van der Waals surface area (Å²) in [6.45, 7) is 0.918. The topological polar surface area (TPSA) is 67.2 Å². The van der Waals surface area contributed by atoms with Crippen molar-refractivity contribution in [2.24, 2.45) is 0 Å². The van der Waals surface area contributed by atoms with Crippen LogP contribution >= 0.6 is 0 Å². The average molecular weight is 195 g/mol. The number of nitrogens with one attached hydrogen (secondary N) is 2. The van der Waals surface area contributed by atoms with E-state index in [-0.39, 0.29) is 11.9 Å². The fourth-order valence-electron chi connectivity index (χ4n) is 1.57. The van der Waals surface area contributed by atoms with Crippen LogP contribution in [-0.2, 0) is 4.79 Å². The zero-order chi connectivity index (χ0) is 9.80. The second kappa shape index (κ2) is 4.23. The van der Waals surface area contributed by atoms with Gasteiger partial charge in [-0.05, 0) is 19.4 Å². The van der Waals surface area contributed by atoms with E-state index in [0.717, 1.165) is 25.8 Å². The predicted octanol–water partition coefficient (Wildman–Crippen LogP) is 0.755. The number of piperidine rings is 1. The highest BCUT2D eigenvalue weighted by Gasteiger charge is 2.20. The lowest BCUT2D eigenvalue weighted by atomic mass is 10.0. The Labute approximate surface area is 81.8 Å². The molecule has 1 unspecified atom stereocenters. The Bertz CT molecular complexity index is 291. The first-order chi connectivity index (χ1) is 6.86. The smallest absolute Gasteiger partial charge is 0.241 e. The minimum Gasteiger partial charge on any atom is -0.363 e. The number of nitrogens with zero attached hydrogens (tertiary/aromatic N) is 1. The Morgan fingerprint density at radius 1 is 1.64 bits per heavy atom. The van der Waals surface area contributed by atoms with Crippen LogP contribution in [0.3, 0.4) is 0 Å². The van der Waals surface area contributed by atoms with Gasteiger partial charge in [0.05, 0.1) is 12.2 Å². The molecule has 5 nitrogen and oxygen atoms in total. The Balaban J connectivity index is 1.88. The summed E-state index contributed by atoms with van der Waals surface area (Å²) in [4.78, 5) is 11.6. The summed E-state index contributed by atoms with van der Waals surface area (Å²) in [5.74, 6) is -0.00657. The van der Waals surface area contributed by atoms with Gasteiger partial charge in [-0.15, -0.1) is 0 Å². The van der Waals surface area contributed by atoms with Crippen LogP contribution in [0.25, 0.3) is 0 Å². The Morgan fingerprint density at radius 3 is 3.21 bits per heavy atom. The molecule has 1 aliphatic rings. The van der Waals surface area contributed by atoms with Gasteiger partial charge in [0.15, 0.2) is 0 Å². The third-order valence-corrected chi connectivity index (χ3v) is 2.33. The number of amides is 1. The number of aromatic nitrogens is 1. The van der Waals surface area contributed by atoms with Crippen LogP contribution in [0.15, 0.2) is 17.0 Å².